The van der Waals surface area contributed by atoms with Crippen LogP contribution in [0.4, 0.5) is 4.79 Å². The van der Waals surface area contributed by atoms with Gasteiger partial charge in [0.05, 0.1) is 5.37 Å². The number of hydrogen-bond donors (Lipinski definition) is 1. The third-order valence-electron chi connectivity index (χ3n) is 3.94. The van der Waals surface area contributed by atoms with E-state index in [2.05, 4.69) is 0 Å². The average Bonchev–Trinajstić information content (AvgIpc) is 2.91. The van der Waals surface area contributed by atoms with Crippen molar-refractivity contribution in [3.05, 3.63) is 0 Å². The third kappa shape index (κ3) is 2.06. The Morgan fingerprint density at radius 1 is 1.17 bits per heavy atom. The lowest BCUT2D eigenvalue weighted by molar-refractivity contribution is -0.141. The molecule has 6 heteroatoms. The Bertz CT molecular complexity index is 366. The van der Waals surface area contributed by atoms with Crippen molar-refractivity contribution in [2.75, 3.05) is 18.8 Å². The number of aliphatic carboxylic acids is 1. The summed E-state index contributed by atoms with van der Waals surface area (Å²) < 4.78 is 0. The van der Waals surface area contributed by atoms with Gasteiger partial charge < -0.3 is 10.0 Å². The predicted octanol–water partition coefficient (Wildman–Crippen LogP) is 1.44. The molecule has 0 spiro atoms. The van der Waals surface area contributed by atoms with Crippen LogP contribution in [0.15, 0.2) is 0 Å². The van der Waals surface area contributed by atoms with Crippen LogP contribution in [0.25, 0.3) is 0 Å². The van der Waals surface area contributed by atoms with Crippen molar-refractivity contribution in [3.63, 3.8) is 0 Å². The number of carboxylic acid groups (broad SMARTS) is 1. The zero-order valence-corrected chi connectivity index (χ0v) is 11.1. The second kappa shape index (κ2) is 4.64. The minimum atomic E-state index is -0.863. The molecule has 1 saturated carbocycles. The number of nitrogens with zero attached hydrogens (tertiary/aromatic N) is 2. The molecule has 0 aromatic carbocycles. The van der Waals surface area contributed by atoms with Crippen molar-refractivity contribution in [1.29, 1.82) is 0 Å². The Morgan fingerprint density at radius 2 is 1.83 bits per heavy atom. The molecule has 2 heterocycles. The molecule has 2 amide bonds. The van der Waals surface area contributed by atoms with Gasteiger partial charge in [0.15, 0.2) is 0 Å². The SMILES string of the molecule is O=C(O)C1CSC(C2CC2)N1C(=O)N1CCCC1. The maximum Gasteiger partial charge on any atom is 0.327 e. The summed E-state index contributed by atoms with van der Waals surface area (Å²) in [4.78, 5) is 27.2. The summed E-state index contributed by atoms with van der Waals surface area (Å²) in [5.41, 5.74) is 0. The van der Waals surface area contributed by atoms with Gasteiger partial charge in [0.1, 0.15) is 6.04 Å². The zero-order valence-electron chi connectivity index (χ0n) is 10.2. The van der Waals surface area contributed by atoms with E-state index in [0.717, 1.165) is 38.8 Å². The number of likely N-dealkylation sites (tertiary alicyclic amines) is 1. The van der Waals surface area contributed by atoms with Gasteiger partial charge in [0, 0.05) is 18.8 Å². The molecule has 0 radical (unpaired) electrons. The standard InChI is InChI=1S/C12H18N2O3S/c15-11(16)9-7-18-10(8-3-4-8)14(9)12(17)13-5-1-2-6-13/h8-10H,1-7H2,(H,15,16). The van der Waals surface area contributed by atoms with Crippen LogP contribution in [0.3, 0.4) is 0 Å². The Morgan fingerprint density at radius 3 is 2.39 bits per heavy atom. The highest BCUT2D eigenvalue weighted by Crippen LogP contribution is 2.45. The van der Waals surface area contributed by atoms with Gasteiger partial charge in [-0.2, -0.15) is 0 Å². The molecule has 0 aromatic rings. The lowest BCUT2D eigenvalue weighted by Gasteiger charge is -2.31. The van der Waals surface area contributed by atoms with Crippen molar-refractivity contribution in [2.45, 2.75) is 37.1 Å². The highest BCUT2D eigenvalue weighted by molar-refractivity contribution is 8.00. The van der Waals surface area contributed by atoms with Gasteiger partial charge in [-0.05, 0) is 31.6 Å². The minimum absolute atomic E-state index is 0.0539. The molecule has 0 aromatic heterocycles. The molecule has 2 aliphatic heterocycles. The van der Waals surface area contributed by atoms with Crippen LogP contribution in [0.2, 0.25) is 0 Å². The van der Waals surface area contributed by atoms with Gasteiger partial charge in [0.2, 0.25) is 0 Å². The van der Waals surface area contributed by atoms with E-state index >= 15 is 0 Å². The van der Waals surface area contributed by atoms with E-state index in [1.165, 1.54) is 0 Å². The van der Waals surface area contributed by atoms with E-state index in [-0.39, 0.29) is 11.4 Å². The molecule has 18 heavy (non-hydrogen) atoms. The fourth-order valence-electron chi connectivity index (χ4n) is 2.78. The van der Waals surface area contributed by atoms with Crippen molar-refractivity contribution in [1.82, 2.24) is 9.80 Å². The molecule has 100 valence electrons. The third-order valence-corrected chi connectivity index (χ3v) is 5.40. The van der Waals surface area contributed by atoms with E-state index in [4.69, 9.17) is 0 Å². The first-order valence-electron chi connectivity index (χ1n) is 6.60. The maximum absolute atomic E-state index is 12.5. The second-order valence-electron chi connectivity index (χ2n) is 5.30. The van der Waals surface area contributed by atoms with Crippen molar-refractivity contribution < 1.29 is 14.7 Å². The number of carboxylic acids is 1. The van der Waals surface area contributed by atoms with Gasteiger partial charge in [-0.1, -0.05) is 0 Å². The molecule has 2 saturated heterocycles. The minimum Gasteiger partial charge on any atom is -0.480 e. The molecule has 1 N–H and O–H groups in total. The Labute approximate surface area is 110 Å². The highest BCUT2D eigenvalue weighted by atomic mass is 32.2. The van der Waals surface area contributed by atoms with E-state index in [1.807, 2.05) is 4.90 Å². The number of thioether (sulfide) groups is 1. The van der Waals surface area contributed by atoms with Crippen LogP contribution >= 0.6 is 11.8 Å². The summed E-state index contributed by atoms with van der Waals surface area (Å²) in [6.07, 6.45) is 4.35. The predicted molar refractivity (Wildman–Crippen MR) is 68.4 cm³/mol. The lowest BCUT2D eigenvalue weighted by atomic mass is 10.2. The molecule has 3 rings (SSSR count). The fourth-order valence-corrected chi connectivity index (χ4v) is 4.40. The monoisotopic (exact) mass is 270 g/mol. The Kier molecular flexibility index (Phi) is 3.13. The number of urea groups is 1. The lowest BCUT2D eigenvalue weighted by Crippen LogP contribution is -2.51. The summed E-state index contributed by atoms with van der Waals surface area (Å²) >= 11 is 1.64. The molecule has 5 nitrogen and oxygen atoms in total. The summed E-state index contributed by atoms with van der Waals surface area (Å²) in [5, 5.41) is 9.37. The maximum atomic E-state index is 12.5. The number of amides is 2. The van der Waals surface area contributed by atoms with Crippen LogP contribution in [-0.2, 0) is 4.79 Å². The smallest absolute Gasteiger partial charge is 0.327 e. The summed E-state index contributed by atoms with van der Waals surface area (Å²) in [5.74, 6) is 0.194. The molecule has 2 unspecified atom stereocenters. The van der Waals surface area contributed by atoms with Gasteiger partial charge in [0.25, 0.3) is 0 Å². The van der Waals surface area contributed by atoms with Crippen molar-refractivity contribution in [3.8, 4) is 0 Å². The first-order valence-corrected chi connectivity index (χ1v) is 7.65. The summed E-state index contributed by atoms with van der Waals surface area (Å²) in [6.45, 7) is 1.56. The molecule has 0 bridgehead atoms. The molecule has 1 aliphatic carbocycles. The van der Waals surface area contributed by atoms with Gasteiger partial charge in [-0.15, -0.1) is 11.8 Å². The Balaban J connectivity index is 1.78. The number of hydrogen-bond acceptors (Lipinski definition) is 3. The topological polar surface area (TPSA) is 60.9 Å². The normalized spacial score (nSPS) is 32.0. The Hall–Kier alpha value is -0.910. The van der Waals surface area contributed by atoms with Crippen LogP contribution < -0.4 is 0 Å². The molecule has 3 fully saturated rings. The van der Waals surface area contributed by atoms with Crippen LogP contribution in [0.1, 0.15) is 25.7 Å². The van der Waals surface area contributed by atoms with E-state index < -0.39 is 12.0 Å². The van der Waals surface area contributed by atoms with Crippen LogP contribution in [0, 0.1) is 5.92 Å². The van der Waals surface area contributed by atoms with E-state index in [0.29, 0.717) is 11.7 Å². The van der Waals surface area contributed by atoms with E-state index in [9.17, 15) is 14.7 Å². The van der Waals surface area contributed by atoms with Gasteiger partial charge in [-0.25, -0.2) is 9.59 Å². The summed E-state index contributed by atoms with van der Waals surface area (Å²) in [6, 6.07) is -0.685. The van der Waals surface area contributed by atoms with Crippen LogP contribution in [-0.4, -0.2) is 57.2 Å². The van der Waals surface area contributed by atoms with Gasteiger partial charge >= 0.3 is 12.0 Å². The van der Waals surface area contributed by atoms with Crippen LogP contribution in [0.5, 0.6) is 0 Å². The largest absolute Gasteiger partial charge is 0.480 e. The average molecular weight is 270 g/mol. The molecule has 3 aliphatic rings. The first kappa shape index (κ1) is 12.1. The molecular formula is C12H18N2O3S. The first-order chi connectivity index (χ1) is 8.68. The van der Waals surface area contributed by atoms with Crippen molar-refractivity contribution in [2.24, 2.45) is 5.92 Å². The number of carbonyl (C=O) groups is 2. The van der Waals surface area contributed by atoms with Crippen molar-refractivity contribution >= 4 is 23.8 Å². The number of carbonyl (C=O) groups excluding carboxylic acids is 1. The number of rotatable bonds is 2. The molecular weight excluding hydrogens is 252 g/mol. The molecule has 2 atom stereocenters. The van der Waals surface area contributed by atoms with Gasteiger partial charge in [-0.3, -0.25) is 4.90 Å². The van der Waals surface area contributed by atoms with E-state index in [1.54, 1.807) is 16.7 Å². The zero-order chi connectivity index (χ0) is 12.7. The highest BCUT2D eigenvalue weighted by Gasteiger charge is 2.49. The fraction of sp³-hybridized carbons (Fsp3) is 0.833. The summed E-state index contributed by atoms with van der Waals surface area (Å²) in [7, 11) is 0. The quantitative estimate of drug-likeness (QED) is 0.825. The second-order valence-corrected chi connectivity index (χ2v) is 6.45.